The van der Waals surface area contributed by atoms with Gasteiger partial charge < -0.3 is 10.6 Å². The number of carbonyl (C=O) groups is 2. The summed E-state index contributed by atoms with van der Waals surface area (Å²) in [4.78, 5) is 27.0. The maximum Gasteiger partial charge on any atom is 0.255 e. The fourth-order valence-corrected chi connectivity index (χ4v) is 1.78. The van der Waals surface area contributed by atoms with Crippen molar-refractivity contribution >= 4 is 34.9 Å². The van der Waals surface area contributed by atoms with E-state index in [9.17, 15) is 9.59 Å². The Labute approximate surface area is 121 Å². The monoisotopic (exact) mass is 289 g/mol. The molecule has 0 fully saturated rings. The Hall–Kier alpha value is -2.40. The summed E-state index contributed by atoms with van der Waals surface area (Å²) in [5.74, 6) is -0.220. The molecule has 2 N–H and O–H groups in total. The van der Waals surface area contributed by atoms with Crippen molar-refractivity contribution in [3.63, 3.8) is 0 Å². The Balaban J connectivity index is 2.15. The first-order valence-electron chi connectivity index (χ1n) is 5.85. The van der Waals surface area contributed by atoms with Gasteiger partial charge in [-0.25, -0.2) is 4.98 Å². The molecule has 0 aliphatic rings. The molecule has 0 atom stereocenters. The first-order valence-corrected chi connectivity index (χ1v) is 6.23. The molecule has 2 aromatic rings. The van der Waals surface area contributed by atoms with Gasteiger partial charge in [-0.2, -0.15) is 0 Å². The van der Waals surface area contributed by atoms with E-state index >= 15 is 0 Å². The average Bonchev–Trinajstić information content (AvgIpc) is 2.38. The number of hydrogen-bond donors (Lipinski definition) is 2. The van der Waals surface area contributed by atoms with E-state index in [1.54, 1.807) is 30.3 Å². The molecule has 102 valence electrons. The minimum Gasteiger partial charge on any atom is -0.322 e. The largest absolute Gasteiger partial charge is 0.322 e. The number of hydrogen-bond acceptors (Lipinski definition) is 3. The molecule has 0 spiro atoms. The van der Waals surface area contributed by atoms with Crippen LogP contribution in [-0.4, -0.2) is 16.8 Å². The number of carbonyl (C=O) groups excluding carboxylic acids is 2. The van der Waals surface area contributed by atoms with Gasteiger partial charge in [0.25, 0.3) is 5.91 Å². The molecule has 0 saturated carbocycles. The maximum absolute atomic E-state index is 12.1. The number of rotatable bonds is 3. The Morgan fingerprint density at radius 2 is 1.95 bits per heavy atom. The summed E-state index contributed by atoms with van der Waals surface area (Å²) in [6.07, 6.45) is 1.46. The number of halogens is 1. The normalized spacial score (nSPS) is 9.90. The molecule has 5 nitrogen and oxygen atoms in total. The summed E-state index contributed by atoms with van der Waals surface area (Å²) >= 11 is 5.85. The number of benzene rings is 1. The van der Waals surface area contributed by atoms with Gasteiger partial charge in [0, 0.05) is 29.4 Å². The summed E-state index contributed by atoms with van der Waals surface area (Å²) in [6, 6.07) is 9.91. The second-order valence-electron chi connectivity index (χ2n) is 4.08. The molecule has 6 heteroatoms. The minimum atomic E-state index is -0.304. The molecule has 20 heavy (non-hydrogen) atoms. The molecule has 2 amide bonds. The zero-order chi connectivity index (χ0) is 14.5. The predicted molar refractivity (Wildman–Crippen MR) is 77.9 cm³/mol. The van der Waals surface area contributed by atoms with Crippen molar-refractivity contribution < 1.29 is 9.59 Å². The number of aromatic nitrogens is 1. The Morgan fingerprint density at radius 1 is 1.15 bits per heavy atom. The number of nitrogens with one attached hydrogen (secondary N) is 2. The molecule has 0 radical (unpaired) electrons. The van der Waals surface area contributed by atoms with Gasteiger partial charge in [-0.1, -0.05) is 17.7 Å². The van der Waals surface area contributed by atoms with Crippen LogP contribution in [0.25, 0.3) is 0 Å². The fourth-order valence-electron chi connectivity index (χ4n) is 1.59. The maximum atomic E-state index is 12.1. The minimum absolute atomic E-state index is 0.245. The SMILES string of the molecule is CC(=O)Nc1cc(C(=O)Nc2cccc(Cl)c2)ccn1. The third-order valence-electron chi connectivity index (χ3n) is 2.41. The van der Waals surface area contributed by atoms with Crippen LogP contribution in [0.5, 0.6) is 0 Å². The van der Waals surface area contributed by atoms with E-state index in [-0.39, 0.29) is 11.8 Å². The standard InChI is InChI=1S/C14H12ClN3O2/c1-9(19)17-13-7-10(5-6-16-13)14(20)18-12-4-2-3-11(15)8-12/h2-8H,1H3,(H,18,20)(H,16,17,19). The number of amides is 2. The second-order valence-corrected chi connectivity index (χ2v) is 4.51. The summed E-state index contributed by atoms with van der Waals surface area (Å²) < 4.78 is 0. The van der Waals surface area contributed by atoms with Crippen molar-refractivity contribution in [3.05, 3.63) is 53.2 Å². The molecular weight excluding hydrogens is 278 g/mol. The Bertz CT molecular complexity index is 658. The third-order valence-corrected chi connectivity index (χ3v) is 2.64. The van der Waals surface area contributed by atoms with E-state index in [1.807, 2.05) is 0 Å². The first kappa shape index (κ1) is 14.0. The highest BCUT2D eigenvalue weighted by molar-refractivity contribution is 6.31. The lowest BCUT2D eigenvalue weighted by atomic mass is 10.2. The van der Waals surface area contributed by atoms with Crippen LogP contribution in [0, 0.1) is 0 Å². The van der Waals surface area contributed by atoms with Crippen LogP contribution < -0.4 is 10.6 Å². The zero-order valence-corrected chi connectivity index (χ0v) is 11.4. The molecular formula is C14H12ClN3O2. The van der Waals surface area contributed by atoms with Gasteiger partial charge in [-0.3, -0.25) is 9.59 Å². The van der Waals surface area contributed by atoms with Crippen LogP contribution >= 0.6 is 11.6 Å². The molecule has 1 aromatic heterocycles. The second kappa shape index (κ2) is 6.16. The number of anilines is 2. The van der Waals surface area contributed by atoms with E-state index in [4.69, 9.17) is 11.6 Å². The lowest BCUT2D eigenvalue weighted by molar-refractivity contribution is -0.114. The summed E-state index contributed by atoms with van der Waals surface area (Å²) in [6.45, 7) is 1.38. The van der Waals surface area contributed by atoms with Crippen molar-refractivity contribution in [3.8, 4) is 0 Å². The lowest BCUT2D eigenvalue weighted by Gasteiger charge is -2.07. The summed E-state index contributed by atoms with van der Waals surface area (Å²) in [5, 5.41) is 5.78. The van der Waals surface area contributed by atoms with Crippen molar-refractivity contribution in [1.29, 1.82) is 0 Å². The van der Waals surface area contributed by atoms with Crippen LogP contribution in [0.3, 0.4) is 0 Å². The highest BCUT2D eigenvalue weighted by Crippen LogP contribution is 2.16. The Kier molecular flexibility index (Phi) is 4.32. The lowest BCUT2D eigenvalue weighted by Crippen LogP contribution is -2.13. The highest BCUT2D eigenvalue weighted by Gasteiger charge is 2.08. The molecule has 0 aliphatic heterocycles. The van der Waals surface area contributed by atoms with E-state index < -0.39 is 0 Å². The number of nitrogens with zero attached hydrogens (tertiary/aromatic N) is 1. The molecule has 2 rings (SSSR count). The van der Waals surface area contributed by atoms with Gasteiger partial charge in [-0.05, 0) is 30.3 Å². The van der Waals surface area contributed by atoms with E-state index in [0.717, 1.165) is 0 Å². The smallest absolute Gasteiger partial charge is 0.255 e. The van der Waals surface area contributed by atoms with Gasteiger partial charge in [0.05, 0.1) is 0 Å². The summed E-state index contributed by atoms with van der Waals surface area (Å²) in [5.41, 5.74) is 0.990. The van der Waals surface area contributed by atoms with E-state index in [2.05, 4.69) is 15.6 Å². The average molecular weight is 290 g/mol. The molecule has 0 saturated heterocycles. The van der Waals surface area contributed by atoms with Gasteiger partial charge in [0.15, 0.2) is 0 Å². The van der Waals surface area contributed by atoms with Crippen LogP contribution in [0.1, 0.15) is 17.3 Å². The Morgan fingerprint density at radius 3 is 2.65 bits per heavy atom. The zero-order valence-electron chi connectivity index (χ0n) is 10.7. The van der Waals surface area contributed by atoms with E-state index in [0.29, 0.717) is 22.1 Å². The molecule has 1 aromatic carbocycles. The van der Waals surface area contributed by atoms with Crippen LogP contribution in [-0.2, 0) is 4.79 Å². The van der Waals surface area contributed by atoms with Crippen molar-refractivity contribution in [2.24, 2.45) is 0 Å². The van der Waals surface area contributed by atoms with Crippen molar-refractivity contribution in [2.75, 3.05) is 10.6 Å². The fraction of sp³-hybridized carbons (Fsp3) is 0.0714. The predicted octanol–water partition coefficient (Wildman–Crippen LogP) is 2.95. The quantitative estimate of drug-likeness (QED) is 0.912. The molecule has 0 unspecified atom stereocenters. The van der Waals surface area contributed by atoms with Crippen LogP contribution in [0.4, 0.5) is 11.5 Å². The third kappa shape index (κ3) is 3.80. The molecule has 0 bridgehead atoms. The molecule has 0 aliphatic carbocycles. The van der Waals surface area contributed by atoms with Crippen molar-refractivity contribution in [2.45, 2.75) is 6.92 Å². The van der Waals surface area contributed by atoms with E-state index in [1.165, 1.54) is 19.2 Å². The van der Waals surface area contributed by atoms with Crippen LogP contribution in [0.2, 0.25) is 5.02 Å². The van der Waals surface area contributed by atoms with Crippen molar-refractivity contribution in [1.82, 2.24) is 4.98 Å². The topological polar surface area (TPSA) is 71.1 Å². The van der Waals surface area contributed by atoms with Gasteiger partial charge >= 0.3 is 0 Å². The van der Waals surface area contributed by atoms with Gasteiger partial charge in [0.1, 0.15) is 5.82 Å². The summed E-state index contributed by atoms with van der Waals surface area (Å²) in [7, 11) is 0. The van der Waals surface area contributed by atoms with Crippen LogP contribution in [0.15, 0.2) is 42.6 Å². The highest BCUT2D eigenvalue weighted by atomic mass is 35.5. The van der Waals surface area contributed by atoms with Gasteiger partial charge in [0.2, 0.25) is 5.91 Å². The number of pyridine rings is 1. The molecule has 1 heterocycles. The van der Waals surface area contributed by atoms with Gasteiger partial charge in [-0.15, -0.1) is 0 Å². The first-order chi connectivity index (χ1) is 9.54.